The van der Waals surface area contributed by atoms with E-state index in [9.17, 15) is 5.11 Å². The molecule has 3 heteroatoms. The fraction of sp³-hybridized carbons (Fsp3) is 0.100. The lowest BCUT2D eigenvalue weighted by atomic mass is 10.1. The first-order valence-corrected chi connectivity index (χ1v) is 7.66. The minimum atomic E-state index is -0.0238. The van der Waals surface area contributed by atoms with Gasteiger partial charge in [0.05, 0.1) is 12.9 Å². The van der Waals surface area contributed by atoms with Crippen LogP contribution in [0.4, 0.5) is 0 Å². The third-order valence-corrected chi connectivity index (χ3v) is 4.15. The summed E-state index contributed by atoms with van der Waals surface area (Å²) in [6.07, 6.45) is 3.74. The molecular formula is C20H17NO2. The van der Waals surface area contributed by atoms with E-state index in [0.29, 0.717) is 0 Å². The number of para-hydroxylation sites is 1. The lowest BCUT2D eigenvalue weighted by Gasteiger charge is -2.05. The zero-order valence-electron chi connectivity index (χ0n) is 12.6. The van der Waals surface area contributed by atoms with Crippen LogP contribution in [0.25, 0.3) is 22.2 Å². The number of furan rings is 1. The van der Waals surface area contributed by atoms with Crippen LogP contribution in [0.3, 0.4) is 0 Å². The van der Waals surface area contributed by atoms with Crippen LogP contribution in [0.1, 0.15) is 11.1 Å². The van der Waals surface area contributed by atoms with Crippen LogP contribution in [-0.2, 0) is 13.2 Å². The van der Waals surface area contributed by atoms with E-state index in [2.05, 4.69) is 47.2 Å². The van der Waals surface area contributed by atoms with Crippen LogP contribution >= 0.6 is 0 Å². The molecule has 0 aliphatic carbocycles. The third-order valence-electron chi connectivity index (χ3n) is 4.15. The van der Waals surface area contributed by atoms with E-state index >= 15 is 0 Å². The van der Waals surface area contributed by atoms with Crippen LogP contribution in [-0.4, -0.2) is 9.67 Å². The molecule has 3 nitrogen and oxygen atoms in total. The van der Waals surface area contributed by atoms with Gasteiger partial charge in [-0.25, -0.2) is 0 Å². The highest BCUT2D eigenvalue weighted by Gasteiger charge is 2.15. The Kier molecular flexibility index (Phi) is 3.48. The van der Waals surface area contributed by atoms with Gasteiger partial charge in [0.2, 0.25) is 0 Å². The second-order valence-electron chi connectivity index (χ2n) is 5.61. The van der Waals surface area contributed by atoms with E-state index in [1.54, 1.807) is 6.26 Å². The average molecular weight is 303 g/mol. The van der Waals surface area contributed by atoms with Gasteiger partial charge in [-0.15, -0.1) is 0 Å². The van der Waals surface area contributed by atoms with Crippen molar-refractivity contribution in [3.8, 4) is 11.3 Å². The topological polar surface area (TPSA) is 38.3 Å². The van der Waals surface area contributed by atoms with Crippen molar-refractivity contribution in [3.63, 3.8) is 0 Å². The average Bonchev–Trinajstić information content (AvgIpc) is 3.20. The number of fused-ring (bicyclic) bond motifs is 1. The van der Waals surface area contributed by atoms with Crippen molar-refractivity contribution in [3.05, 3.63) is 84.3 Å². The quantitative estimate of drug-likeness (QED) is 0.605. The summed E-state index contributed by atoms with van der Waals surface area (Å²) in [6.45, 7) is 0.778. The van der Waals surface area contributed by atoms with Gasteiger partial charge < -0.3 is 14.1 Å². The van der Waals surface area contributed by atoms with Crippen molar-refractivity contribution < 1.29 is 9.52 Å². The molecule has 23 heavy (non-hydrogen) atoms. The third kappa shape index (κ3) is 2.45. The maximum atomic E-state index is 9.52. The Labute approximate surface area is 134 Å². The largest absolute Gasteiger partial charge is 0.464 e. The fourth-order valence-corrected chi connectivity index (χ4v) is 3.04. The van der Waals surface area contributed by atoms with Crippen molar-refractivity contribution in [2.45, 2.75) is 13.2 Å². The molecule has 0 bridgehead atoms. The van der Waals surface area contributed by atoms with Gasteiger partial charge in [-0.1, -0.05) is 48.5 Å². The second-order valence-corrected chi connectivity index (χ2v) is 5.61. The summed E-state index contributed by atoms with van der Waals surface area (Å²) in [5.74, 6) is 0.746. The molecule has 0 saturated heterocycles. The number of aliphatic hydroxyl groups is 1. The number of nitrogens with zero attached hydrogens (tertiary/aromatic N) is 1. The van der Waals surface area contributed by atoms with Crippen LogP contribution in [0, 0.1) is 0 Å². The molecule has 0 atom stereocenters. The van der Waals surface area contributed by atoms with Gasteiger partial charge in [-0.2, -0.15) is 0 Å². The van der Waals surface area contributed by atoms with Gasteiger partial charge in [0.25, 0.3) is 0 Å². The lowest BCUT2D eigenvalue weighted by molar-refractivity contribution is 0.281. The predicted molar refractivity (Wildman–Crippen MR) is 91.1 cm³/mol. The fourth-order valence-electron chi connectivity index (χ4n) is 3.04. The summed E-state index contributed by atoms with van der Waals surface area (Å²) in [4.78, 5) is 0. The Hall–Kier alpha value is -2.78. The molecule has 0 fully saturated rings. The number of aliphatic hydroxyl groups excluding tert-OH is 1. The zero-order valence-corrected chi connectivity index (χ0v) is 12.6. The molecule has 4 rings (SSSR count). The van der Waals surface area contributed by atoms with Crippen molar-refractivity contribution in [1.29, 1.82) is 0 Å². The van der Waals surface area contributed by atoms with Gasteiger partial charge in [-0.05, 0) is 17.7 Å². The number of aromatic nitrogens is 1. The molecule has 2 aromatic carbocycles. The van der Waals surface area contributed by atoms with Crippen molar-refractivity contribution in [1.82, 2.24) is 4.57 Å². The first-order chi connectivity index (χ1) is 11.4. The molecule has 0 radical (unpaired) electrons. The van der Waals surface area contributed by atoms with Crippen molar-refractivity contribution in [2.24, 2.45) is 0 Å². The highest BCUT2D eigenvalue weighted by molar-refractivity contribution is 5.95. The van der Waals surface area contributed by atoms with E-state index in [4.69, 9.17) is 4.42 Å². The Morgan fingerprint density at radius 2 is 1.70 bits per heavy atom. The number of benzene rings is 2. The maximum absolute atomic E-state index is 9.52. The van der Waals surface area contributed by atoms with E-state index in [1.165, 1.54) is 5.56 Å². The monoisotopic (exact) mass is 303 g/mol. The van der Waals surface area contributed by atoms with Gasteiger partial charge >= 0.3 is 0 Å². The summed E-state index contributed by atoms with van der Waals surface area (Å²) < 4.78 is 7.87. The standard InChI is InChI=1S/C20H17NO2/c22-14-16-10-11-23-20(16)18-13-21(12-15-6-2-1-3-7-15)19-9-5-4-8-17(18)19/h1-11,13,22H,12,14H2. The molecule has 0 unspecified atom stereocenters. The highest BCUT2D eigenvalue weighted by atomic mass is 16.3. The lowest BCUT2D eigenvalue weighted by Crippen LogP contribution is -1.97. The van der Waals surface area contributed by atoms with E-state index in [0.717, 1.165) is 34.3 Å². The van der Waals surface area contributed by atoms with E-state index in [-0.39, 0.29) is 6.61 Å². The summed E-state index contributed by atoms with van der Waals surface area (Å²) in [5, 5.41) is 10.6. The SMILES string of the molecule is OCc1ccoc1-c1cn(Cc2ccccc2)c2ccccc12. The molecule has 0 aliphatic heterocycles. The smallest absolute Gasteiger partial charge is 0.141 e. The first kappa shape index (κ1) is 13.9. The second kappa shape index (κ2) is 5.78. The predicted octanol–water partition coefficient (Wildman–Crippen LogP) is 4.44. The summed E-state index contributed by atoms with van der Waals surface area (Å²) in [6, 6.07) is 20.5. The molecule has 2 aromatic heterocycles. The van der Waals surface area contributed by atoms with Gasteiger partial charge in [0.15, 0.2) is 0 Å². The molecule has 1 N–H and O–H groups in total. The normalized spacial score (nSPS) is 11.2. The zero-order chi connectivity index (χ0) is 15.6. The molecule has 2 heterocycles. The Bertz CT molecular complexity index is 935. The van der Waals surface area contributed by atoms with Crippen LogP contribution in [0.2, 0.25) is 0 Å². The minimum Gasteiger partial charge on any atom is -0.464 e. The molecule has 0 spiro atoms. The van der Waals surface area contributed by atoms with E-state index < -0.39 is 0 Å². The molecule has 0 saturated carbocycles. The van der Waals surface area contributed by atoms with Crippen molar-refractivity contribution in [2.75, 3.05) is 0 Å². The van der Waals surface area contributed by atoms with Gasteiger partial charge in [-0.3, -0.25) is 0 Å². The summed E-state index contributed by atoms with van der Waals surface area (Å²) >= 11 is 0. The van der Waals surface area contributed by atoms with Crippen LogP contribution in [0.5, 0.6) is 0 Å². The summed E-state index contributed by atoms with van der Waals surface area (Å²) in [5.41, 5.74) is 4.24. The number of rotatable bonds is 4. The molecule has 0 aliphatic rings. The molecule has 0 amide bonds. The minimum absolute atomic E-state index is 0.0238. The Morgan fingerprint density at radius 1 is 0.913 bits per heavy atom. The highest BCUT2D eigenvalue weighted by Crippen LogP contribution is 2.33. The van der Waals surface area contributed by atoms with Crippen LogP contribution in [0.15, 0.2) is 77.5 Å². The van der Waals surface area contributed by atoms with Gasteiger partial charge in [0, 0.05) is 34.8 Å². The number of hydrogen-bond acceptors (Lipinski definition) is 2. The molecule has 114 valence electrons. The maximum Gasteiger partial charge on any atom is 0.141 e. The summed E-state index contributed by atoms with van der Waals surface area (Å²) in [7, 11) is 0. The Balaban J connectivity index is 1.87. The van der Waals surface area contributed by atoms with E-state index in [1.807, 2.05) is 24.3 Å². The Morgan fingerprint density at radius 3 is 2.52 bits per heavy atom. The molecular weight excluding hydrogens is 286 g/mol. The number of hydrogen-bond donors (Lipinski definition) is 1. The first-order valence-electron chi connectivity index (χ1n) is 7.66. The molecule has 4 aromatic rings. The van der Waals surface area contributed by atoms with Crippen LogP contribution < -0.4 is 0 Å². The van der Waals surface area contributed by atoms with Crippen molar-refractivity contribution >= 4 is 10.9 Å². The van der Waals surface area contributed by atoms with Gasteiger partial charge in [0.1, 0.15) is 5.76 Å².